The number of nitrogens with zero attached hydrogens (tertiary/aromatic N) is 1. The summed E-state index contributed by atoms with van der Waals surface area (Å²) in [5.74, 6) is 0. The lowest BCUT2D eigenvalue weighted by Gasteiger charge is -2.21. The van der Waals surface area contributed by atoms with Gasteiger partial charge in [-0.2, -0.15) is 0 Å². The lowest BCUT2D eigenvalue weighted by Crippen LogP contribution is -2.17. The Labute approximate surface area is 121 Å². The van der Waals surface area contributed by atoms with E-state index < -0.39 is 0 Å². The highest BCUT2D eigenvalue weighted by molar-refractivity contribution is 9.10. The van der Waals surface area contributed by atoms with E-state index in [1.54, 1.807) is 0 Å². The van der Waals surface area contributed by atoms with Crippen LogP contribution in [0, 0.1) is 11.7 Å². The monoisotopic (exact) mass is 324 g/mol. The van der Waals surface area contributed by atoms with Crippen LogP contribution >= 0.6 is 28.1 Å². The van der Waals surface area contributed by atoms with Crippen molar-refractivity contribution in [2.24, 2.45) is 0 Å². The number of aromatic amines is 1. The maximum atomic E-state index is 5.41. The van der Waals surface area contributed by atoms with Crippen LogP contribution in [0.25, 0.3) is 5.69 Å². The van der Waals surface area contributed by atoms with E-state index in [2.05, 4.69) is 71.4 Å². The van der Waals surface area contributed by atoms with Gasteiger partial charge in [0.1, 0.15) is 0 Å². The van der Waals surface area contributed by atoms with Gasteiger partial charge in [0.05, 0.1) is 5.69 Å². The number of rotatable bonds is 1. The second-order valence-corrected chi connectivity index (χ2v) is 6.76. The van der Waals surface area contributed by atoms with E-state index in [4.69, 9.17) is 12.2 Å². The van der Waals surface area contributed by atoms with Crippen molar-refractivity contribution in [3.8, 4) is 5.69 Å². The van der Waals surface area contributed by atoms with Gasteiger partial charge in [-0.3, -0.25) is 4.57 Å². The molecule has 2 aromatic rings. The second-order valence-electron chi connectivity index (χ2n) is 5.52. The molecule has 4 heteroatoms. The minimum Gasteiger partial charge on any atom is -0.337 e. The average molecular weight is 325 g/mol. The van der Waals surface area contributed by atoms with Gasteiger partial charge in [-0.15, -0.1) is 0 Å². The zero-order valence-corrected chi connectivity index (χ0v) is 13.4. The number of benzene rings is 1. The maximum Gasteiger partial charge on any atom is 0.182 e. The van der Waals surface area contributed by atoms with Crippen LogP contribution in [-0.4, -0.2) is 9.55 Å². The van der Waals surface area contributed by atoms with E-state index >= 15 is 0 Å². The Morgan fingerprint density at radius 3 is 2.56 bits per heavy atom. The van der Waals surface area contributed by atoms with Crippen LogP contribution in [-0.2, 0) is 5.41 Å². The van der Waals surface area contributed by atoms with Gasteiger partial charge in [0.25, 0.3) is 0 Å². The fourth-order valence-corrected chi connectivity index (χ4v) is 2.63. The van der Waals surface area contributed by atoms with Crippen molar-refractivity contribution in [1.82, 2.24) is 9.55 Å². The summed E-state index contributed by atoms with van der Waals surface area (Å²) in [6.07, 6.45) is 2.00. The zero-order valence-electron chi connectivity index (χ0n) is 11.0. The molecular weight excluding hydrogens is 308 g/mol. The molecule has 0 unspecified atom stereocenters. The van der Waals surface area contributed by atoms with Crippen LogP contribution in [0.15, 0.2) is 28.9 Å². The van der Waals surface area contributed by atoms with Crippen molar-refractivity contribution >= 4 is 28.1 Å². The van der Waals surface area contributed by atoms with Crippen LogP contribution < -0.4 is 0 Å². The molecule has 1 aromatic heterocycles. The van der Waals surface area contributed by atoms with Gasteiger partial charge in [0.15, 0.2) is 4.77 Å². The molecule has 0 aliphatic heterocycles. The lowest BCUT2D eigenvalue weighted by atomic mass is 9.92. The van der Waals surface area contributed by atoms with Gasteiger partial charge >= 0.3 is 0 Å². The van der Waals surface area contributed by atoms with Gasteiger partial charge in [-0.05, 0) is 52.8 Å². The number of hydrogen-bond acceptors (Lipinski definition) is 1. The number of aromatic nitrogens is 2. The van der Waals surface area contributed by atoms with Crippen LogP contribution in [0.4, 0.5) is 0 Å². The quantitative estimate of drug-likeness (QED) is 0.739. The number of nitrogens with one attached hydrogen (secondary N) is 1. The van der Waals surface area contributed by atoms with Gasteiger partial charge in [-0.25, -0.2) is 0 Å². The first-order valence-corrected chi connectivity index (χ1v) is 7.08. The maximum absolute atomic E-state index is 5.41. The molecular formula is C14H17BrN2S. The van der Waals surface area contributed by atoms with E-state index in [9.17, 15) is 0 Å². The van der Waals surface area contributed by atoms with E-state index in [0.717, 1.165) is 14.9 Å². The predicted molar refractivity (Wildman–Crippen MR) is 82.1 cm³/mol. The van der Waals surface area contributed by atoms with Crippen LogP contribution in [0.2, 0.25) is 0 Å². The smallest absolute Gasteiger partial charge is 0.182 e. The Balaban J connectivity index is 2.75. The van der Waals surface area contributed by atoms with Crippen molar-refractivity contribution in [1.29, 1.82) is 0 Å². The first-order chi connectivity index (χ1) is 8.30. The van der Waals surface area contributed by atoms with E-state index in [0.29, 0.717) is 0 Å². The molecule has 0 spiro atoms. The third-order valence-corrected chi connectivity index (χ3v) is 3.86. The van der Waals surface area contributed by atoms with Gasteiger partial charge in [-0.1, -0.05) is 26.8 Å². The molecule has 1 N–H and O–H groups in total. The molecule has 1 aromatic carbocycles. The molecule has 2 rings (SSSR count). The fraction of sp³-hybridized carbons (Fsp3) is 0.357. The number of imidazole rings is 1. The van der Waals surface area contributed by atoms with Gasteiger partial charge < -0.3 is 4.98 Å². The topological polar surface area (TPSA) is 20.7 Å². The molecule has 0 radical (unpaired) electrons. The summed E-state index contributed by atoms with van der Waals surface area (Å²) < 4.78 is 3.88. The summed E-state index contributed by atoms with van der Waals surface area (Å²) in [4.78, 5) is 3.15. The summed E-state index contributed by atoms with van der Waals surface area (Å²) >= 11 is 9.02. The number of hydrogen-bond donors (Lipinski definition) is 1. The van der Waals surface area contributed by atoms with Crippen molar-refractivity contribution in [2.75, 3.05) is 0 Å². The van der Waals surface area contributed by atoms with Crippen molar-refractivity contribution in [3.05, 3.63) is 44.9 Å². The molecule has 1 heterocycles. The van der Waals surface area contributed by atoms with Crippen LogP contribution in [0.5, 0.6) is 0 Å². The summed E-state index contributed by atoms with van der Waals surface area (Å²) in [6, 6.07) is 6.29. The molecule has 0 bridgehead atoms. The second kappa shape index (κ2) is 4.67. The first-order valence-electron chi connectivity index (χ1n) is 5.88. The minimum absolute atomic E-state index is 0.0384. The SMILES string of the molecule is Cc1ccc(Br)c(-n2c(C(C)(C)C)c[nH]c2=S)c1. The highest BCUT2D eigenvalue weighted by atomic mass is 79.9. The van der Waals surface area contributed by atoms with Crippen LogP contribution in [0.1, 0.15) is 32.0 Å². The van der Waals surface area contributed by atoms with Crippen molar-refractivity contribution in [3.63, 3.8) is 0 Å². The molecule has 0 atom stereocenters. The summed E-state index contributed by atoms with van der Waals surface area (Å²) in [6.45, 7) is 8.64. The molecule has 0 aliphatic carbocycles. The molecule has 0 aliphatic rings. The van der Waals surface area contributed by atoms with Gasteiger partial charge in [0.2, 0.25) is 0 Å². The zero-order chi connectivity index (χ0) is 13.5. The lowest BCUT2D eigenvalue weighted by molar-refractivity contribution is 0.555. The predicted octanol–water partition coefficient (Wildman–Crippen LogP) is 4.90. The van der Waals surface area contributed by atoms with Crippen LogP contribution in [0.3, 0.4) is 0 Å². The fourth-order valence-electron chi connectivity index (χ4n) is 1.95. The van der Waals surface area contributed by atoms with E-state index in [-0.39, 0.29) is 5.41 Å². The highest BCUT2D eigenvalue weighted by Crippen LogP contribution is 2.29. The molecule has 2 nitrogen and oxygen atoms in total. The normalized spacial score (nSPS) is 11.8. The average Bonchev–Trinajstić information content (AvgIpc) is 2.63. The van der Waals surface area contributed by atoms with E-state index in [1.807, 2.05) is 6.20 Å². The standard InChI is InChI=1S/C14H17BrN2S/c1-9-5-6-10(15)11(7-9)17-12(14(2,3)4)8-16-13(17)18/h5-8H,1-4H3,(H,16,18). The summed E-state index contributed by atoms with van der Waals surface area (Å²) in [7, 11) is 0. The molecule has 0 saturated carbocycles. The third kappa shape index (κ3) is 2.45. The summed E-state index contributed by atoms with van der Waals surface area (Å²) in [5.41, 5.74) is 3.53. The van der Waals surface area contributed by atoms with Gasteiger partial charge in [0, 0.05) is 21.8 Å². The third-order valence-electron chi connectivity index (χ3n) is 2.89. The Kier molecular flexibility index (Phi) is 3.52. The van der Waals surface area contributed by atoms with E-state index in [1.165, 1.54) is 11.3 Å². The Bertz CT molecular complexity index is 632. The number of aryl methyl sites for hydroxylation is 1. The Morgan fingerprint density at radius 2 is 1.94 bits per heavy atom. The number of H-pyrrole nitrogens is 1. The molecule has 0 saturated heterocycles. The largest absolute Gasteiger partial charge is 0.337 e. The Morgan fingerprint density at radius 1 is 1.28 bits per heavy atom. The minimum atomic E-state index is 0.0384. The molecule has 0 fully saturated rings. The molecule has 0 amide bonds. The van der Waals surface area contributed by atoms with Crippen molar-refractivity contribution < 1.29 is 0 Å². The van der Waals surface area contributed by atoms with Crippen molar-refractivity contribution in [2.45, 2.75) is 33.1 Å². The number of halogens is 1. The molecule has 96 valence electrons. The first kappa shape index (κ1) is 13.6. The molecule has 18 heavy (non-hydrogen) atoms. The highest BCUT2D eigenvalue weighted by Gasteiger charge is 2.21. The Hall–Kier alpha value is -0.870. The summed E-state index contributed by atoms with van der Waals surface area (Å²) in [5, 5.41) is 0.